The van der Waals surface area contributed by atoms with Crippen LogP contribution in [-0.4, -0.2) is 185 Å². The fraction of sp³-hybridized carbons (Fsp3) is 0.231. The molecule has 15 atom stereocenters. The van der Waals surface area contributed by atoms with Crippen LogP contribution >= 0.6 is 0 Å². The Morgan fingerprint density at radius 1 is 0.258 bits per heavy atom. The van der Waals surface area contributed by atoms with Crippen molar-refractivity contribution in [3.8, 4) is 0 Å². The number of rotatable bonds is 32. The lowest BCUT2D eigenvalue weighted by Gasteiger charge is -2.50. The van der Waals surface area contributed by atoms with Gasteiger partial charge >= 0.3 is 59.7 Å². The largest absolute Gasteiger partial charge is 0.459 e. The number of esters is 10. The molecular weight excluding hydrogens is 1550 g/mol. The molecule has 0 N–H and O–H groups in total. The zero-order chi connectivity index (χ0) is 83.5. The van der Waals surface area contributed by atoms with Crippen molar-refractivity contribution in [3.05, 3.63) is 369 Å². The summed E-state index contributed by atoms with van der Waals surface area (Å²) in [5.74, 6) is -10.7. The van der Waals surface area contributed by atoms with Gasteiger partial charge in [0.1, 0.15) is 50.3 Å². The number of nitrogens with zero attached hydrogens (tertiary/aromatic N) is 3. The topological polar surface area (TPSA) is 367 Å². The molecule has 0 aliphatic carbocycles. The molecule has 3 fully saturated rings. The van der Waals surface area contributed by atoms with Crippen molar-refractivity contribution >= 4 is 59.7 Å². The van der Waals surface area contributed by atoms with Crippen LogP contribution < -0.4 is 0 Å². The lowest BCUT2D eigenvalue weighted by Crippen LogP contribution is -2.69. The Morgan fingerprint density at radius 2 is 0.458 bits per heavy atom. The van der Waals surface area contributed by atoms with Gasteiger partial charge < -0.3 is 75.8 Å². The SMILES string of the molecule is [N-]=[N+]=NCCCO[C@H]1O[C@H](COC(=O)c2ccccc2)[C@@H](OC(=O)c2ccccc2)[C@H](O[C@H]2O[C@H](COC(=O)c3ccccc3)[C@@H](OC(=O)c3ccccc3)[C@H](O[C@H]3O[C@H](COC(=O)c4ccccc4)[C@@H](OC(=O)c4ccccc4)[C@H](OC(=O)c4ccccc4)[C@@H]3OC(=O)c3ccccc3)[C@@H]2OC(=O)c2ccccc2)[C@@H]1OC(=O)c1ccccc1. The third-order valence-corrected chi connectivity index (χ3v) is 19.0. The molecule has 612 valence electrons. The van der Waals surface area contributed by atoms with Crippen LogP contribution in [0.4, 0.5) is 0 Å². The number of ether oxygens (including phenoxy) is 16. The molecule has 3 heterocycles. The van der Waals surface area contributed by atoms with Crippen LogP contribution in [0.25, 0.3) is 10.4 Å². The minimum absolute atomic E-state index is 0.00414. The molecule has 0 saturated carbocycles. The lowest BCUT2D eigenvalue weighted by molar-refractivity contribution is -0.377. The molecule has 0 bridgehead atoms. The van der Waals surface area contributed by atoms with Gasteiger partial charge in [0, 0.05) is 11.5 Å². The summed E-state index contributed by atoms with van der Waals surface area (Å²) in [6.45, 7) is -3.19. The number of carbonyl (C=O) groups is 10. The Balaban J connectivity index is 1.04. The molecule has 3 aliphatic heterocycles. The van der Waals surface area contributed by atoms with Crippen molar-refractivity contribution in [2.75, 3.05) is 33.0 Å². The lowest BCUT2D eigenvalue weighted by atomic mass is 9.94. The fourth-order valence-corrected chi connectivity index (χ4v) is 13.1. The maximum atomic E-state index is 15.7. The summed E-state index contributed by atoms with van der Waals surface area (Å²) in [6, 6.07) is 75.3. The molecule has 10 aromatic carbocycles. The maximum absolute atomic E-state index is 15.7. The maximum Gasteiger partial charge on any atom is 0.338 e. The van der Waals surface area contributed by atoms with Gasteiger partial charge in [-0.2, -0.15) is 0 Å². The first-order chi connectivity index (χ1) is 58.6. The molecule has 10 aromatic rings. The van der Waals surface area contributed by atoms with Gasteiger partial charge in [0.25, 0.3) is 0 Å². The first-order valence-electron chi connectivity index (χ1n) is 38.0. The van der Waals surface area contributed by atoms with Crippen LogP contribution in [0.3, 0.4) is 0 Å². The standard InChI is InChI=1S/C91H77N3O26/c92-94-93-52-31-53-105-89-76(116-86(102)64-46-25-8-26-47-64)74(71(113-83(99)61-40-19-5-20-41-61)67(109-89)54-106-79(95)57-32-11-1-12-33-57)119-91-78(118-88(104)66-50-29-10-30-51-66)75(72(114-84(100)62-42-21-6-22-43-62)69(111-91)56-108-81(97)59-36-15-3-16-37-59)120-90-77(117-87(103)65-48-27-9-28-49-65)73(115-85(101)63-44-23-7-24-45-63)70(112-82(98)60-38-17-4-18-39-60)68(110-90)55-107-80(96)58-34-13-2-14-35-58/h1-30,32-51,67-78,89-91H,31,52-56H2/t67-,68-,69-,70-,71-,72-,73+,74+,75+,76+,77+,78+,89+,90-,91-/m1/s1. The highest BCUT2D eigenvalue weighted by Gasteiger charge is 2.61. The summed E-state index contributed by atoms with van der Waals surface area (Å²) < 4.78 is 106. The average Bonchev–Trinajstić information content (AvgIpc) is 0.754. The molecule has 29 heteroatoms. The second-order valence-electron chi connectivity index (χ2n) is 27.1. The van der Waals surface area contributed by atoms with E-state index in [1.54, 1.807) is 109 Å². The summed E-state index contributed by atoms with van der Waals surface area (Å²) in [5, 5.41) is 3.64. The van der Waals surface area contributed by atoms with Crippen molar-refractivity contribution in [1.29, 1.82) is 0 Å². The zero-order valence-corrected chi connectivity index (χ0v) is 63.7. The minimum atomic E-state index is -2.41. The van der Waals surface area contributed by atoms with E-state index in [0.717, 1.165) is 0 Å². The van der Waals surface area contributed by atoms with Crippen molar-refractivity contribution in [2.45, 2.75) is 98.5 Å². The van der Waals surface area contributed by atoms with Crippen molar-refractivity contribution in [3.63, 3.8) is 0 Å². The molecule has 3 saturated heterocycles. The summed E-state index contributed by atoms with van der Waals surface area (Å²) in [6.07, 6.45) is -31.8. The first-order valence-corrected chi connectivity index (χ1v) is 38.0. The molecule has 29 nitrogen and oxygen atoms in total. The van der Waals surface area contributed by atoms with Crippen LogP contribution in [0, 0.1) is 0 Å². The van der Waals surface area contributed by atoms with Crippen LogP contribution in [0.15, 0.2) is 308 Å². The van der Waals surface area contributed by atoms with Gasteiger partial charge in [-0.15, -0.1) is 0 Å². The average molecular weight is 1630 g/mol. The molecule has 13 rings (SSSR count). The Bertz CT molecular complexity index is 5150. The van der Waals surface area contributed by atoms with E-state index in [1.165, 1.54) is 194 Å². The number of carbonyl (C=O) groups excluding carboxylic acids is 10. The normalized spacial score (nSPS) is 22.3. The van der Waals surface area contributed by atoms with E-state index in [1.807, 2.05) is 0 Å². The fourth-order valence-electron chi connectivity index (χ4n) is 13.1. The second kappa shape index (κ2) is 41.7. The van der Waals surface area contributed by atoms with Gasteiger partial charge in [0.2, 0.25) is 0 Å². The molecule has 120 heavy (non-hydrogen) atoms. The molecule has 0 aromatic heterocycles. The van der Waals surface area contributed by atoms with Gasteiger partial charge in [0.15, 0.2) is 61.6 Å². The smallest absolute Gasteiger partial charge is 0.338 e. The second-order valence-corrected chi connectivity index (χ2v) is 27.1. The van der Waals surface area contributed by atoms with Gasteiger partial charge in [-0.05, 0) is 133 Å². The van der Waals surface area contributed by atoms with Crippen LogP contribution in [0.5, 0.6) is 0 Å². The molecule has 0 unspecified atom stereocenters. The van der Waals surface area contributed by atoms with Gasteiger partial charge in [-0.25, -0.2) is 47.9 Å². The number of hydrogen-bond donors (Lipinski definition) is 0. The predicted octanol–water partition coefficient (Wildman–Crippen LogP) is 12.8. The van der Waals surface area contributed by atoms with E-state index in [0.29, 0.717) is 0 Å². The number of benzene rings is 10. The van der Waals surface area contributed by atoms with Crippen molar-refractivity contribution in [2.24, 2.45) is 5.11 Å². The van der Waals surface area contributed by atoms with E-state index in [9.17, 15) is 24.7 Å². The van der Waals surface area contributed by atoms with Crippen LogP contribution in [-0.2, 0) is 75.8 Å². The van der Waals surface area contributed by atoms with Crippen LogP contribution in [0.2, 0.25) is 0 Å². The Kier molecular flexibility index (Phi) is 29.2. The van der Waals surface area contributed by atoms with E-state index < -0.39 is 172 Å². The highest BCUT2D eigenvalue weighted by molar-refractivity contribution is 5.94. The molecular formula is C91H77N3O26. The predicted molar refractivity (Wildman–Crippen MR) is 420 cm³/mol. The Morgan fingerprint density at radius 3 is 0.708 bits per heavy atom. The monoisotopic (exact) mass is 1630 g/mol. The van der Waals surface area contributed by atoms with E-state index >= 15 is 28.8 Å². The minimum Gasteiger partial charge on any atom is -0.459 e. The summed E-state index contributed by atoms with van der Waals surface area (Å²) in [7, 11) is 0. The molecule has 0 spiro atoms. The number of hydrogen-bond acceptors (Lipinski definition) is 27. The van der Waals surface area contributed by atoms with Gasteiger partial charge in [-0.1, -0.05) is 187 Å². The van der Waals surface area contributed by atoms with Crippen molar-refractivity contribution in [1.82, 2.24) is 0 Å². The third kappa shape index (κ3) is 22.0. The molecule has 3 aliphatic rings. The zero-order valence-electron chi connectivity index (χ0n) is 63.7. The highest BCUT2D eigenvalue weighted by Crippen LogP contribution is 2.41. The molecule has 0 radical (unpaired) electrons. The summed E-state index contributed by atoms with van der Waals surface area (Å²) >= 11 is 0. The van der Waals surface area contributed by atoms with Crippen LogP contribution in [0.1, 0.15) is 110 Å². The summed E-state index contributed by atoms with van der Waals surface area (Å²) in [4.78, 5) is 152. The van der Waals surface area contributed by atoms with Gasteiger partial charge in [-0.3, -0.25) is 0 Å². The van der Waals surface area contributed by atoms with E-state index in [2.05, 4.69) is 10.0 Å². The first kappa shape index (κ1) is 83.9. The van der Waals surface area contributed by atoms with E-state index in [-0.39, 0.29) is 75.2 Å². The summed E-state index contributed by atoms with van der Waals surface area (Å²) in [5.41, 5.74) is 8.73. The quantitative estimate of drug-likeness (QED) is 0.00943. The number of azide groups is 1. The van der Waals surface area contributed by atoms with Crippen molar-refractivity contribution < 1.29 is 124 Å². The van der Waals surface area contributed by atoms with Gasteiger partial charge in [0.05, 0.1) is 62.2 Å². The Labute approximate surface area is 686 Å². The molecule has 0 amide bonds. The van der Waals surface area contributed by atoms with E-state index in [4.69, 9.17) is 75.8 Å². The Hall–Kier alpha value is -14.0. The third-order valence-electron chi connectivity index (χ3n) is 19.0. The highest BCUT2D eigenvalue weighted by atomic mass is 16.8.